The molecule has 0 unspecified atom stereocenters. The molecule has 0 aromatic heterocycles. The maximum Gasteiger partial charge on any atom is 0.220 e. The SMILES string of the molecule is Cc1ccc2c(c1)OC(C)(C)C[C@@H]2NC(=O)CCc1ccccc1Cl. The van der Waals surface area contributed by atoms with Crippen LogP contribution in [0.1, 0.15) is 49.4 Å². The van der Waals surface area contributed by atoms with Crippen molar-refractivity contribution in [2.24, 2.45) is 0 Å². The molecular formula is C21H24ClNO2. The number of carbonyl (C=O) groups is 1. The maximum absolute atomic E-state index is 12.5. The van der Waals surface area contributed by atoms with Crippen LogP contribution in [0.5, 0.6) is 5.75 Å². The topological polar surface area (TPSA) is 38.3 Å². The molecule has 4 heteroatoms. The van der Waals surface area contributed by atoms with Crippen molar-refractivity contribution in [3.8, 4) is 5.75 Å². The van der Waals surface area contributed by atoms with Crippen LogP contribution in [0.25, 0.3) is 0 Å². The molecule has 1 aliphatic rings. The van der Waals surface area contributed by atoms with Crippen LogP contribution in [0.15, 0.2) is 42.5 Å². The Morgan fingerprint density at radius 3 is 2.80 bits per heavy atom. The second-order valence-corrected chi connectivity index (χ2v) is 7.73. The van der Waals surface area contributed by atoms with Gasteiger partial charge in [0.2, 0.25) is 5.91 Å². The minimum atomic E-state index is -0.304. The van der Waals surface area contributed by atoms with Gasteiger partial charge < -0.3 is 10.1 Å². The molecule has 3 rings (SSSR count). The summed E-state index contributed by atoms with van der Waals surface area (Å²) in [5, 5.41) is 3.89. The maximum atomic E-state index is 12.5. The number of nitrogens with one attached hydrogen (secondary N) is 1. The summed E-state index contributed by atoms with van der Waals surface area (Å²) in [7, 11) is 0. The van der Waals surface area contributed by atoms with Crippen LogP contribution in [0.3, 0.4) is 0 Å². The van der Waals surface area contributed by atoms with Gasteiger partial charge in [-0.05, 0) is 50.5 Å². The lowest BCUT2D eigenvalue weighted by atomic mass is 9.89. The predicted molar refractivity (Wildman–Crippen MR) is 101 cm³/mol. The van der Waals surface area contributed by atoms with Crippen LogP contribution in [0.2, 0.25) is 5.02 Å². The number of hydrogen-bond acceptors (Lipinski definition) is 2. The minimum Gasteiger partial charge on any atom is -0.487 e. The molecule has 0 saturated carbocycles. The van der Waals surface area contributed by atoms with Gasteiger partial charge in [0.15, 0.2) is 0 Å². The highest BCUT2D eigenvalue weighted by Gasteiger charge is 2.34. The standard InChI is InChI=1S/C21H24ClNO2/c1-14-8-10-16-18(13-21(2,3)25-19(16)12-14)23-20(24)11-9-15-6-4-5-7-17(15)22/h4-8,10,12,18H,9,11,13H2,1-3H3,(H,23,24)/t18-/m0/s1. The van der Waals surface area contributed by atoms with Crippen LogP contribution in [-0.2, 0) is 11.2 Å². The first-order valence-corrected chi connectivity index (χ1v) is 9.04. The third kappa shape index (κ3) is 4.35. The van der Waals surface area contributed by atoms with Gasteiger partial charge in [0.25, 0.3) is 0 Å². The van der Waals surface area contributed by atoms with E-state index in [0.29, 0.717) is 17.9 Å². The Bertz CT molecular complexity index is 785. The fourth-order valence-electron chi connectivity index (χ4n) is 3.30. The lowest BCUT2D eigenvalue weighted by Crippen LogP contribution is -2.41. The zero-order valence-electron chi connectivity index (χ0n) is 14.9. The van der Waals surface area contributed by atoms with Crippen molar-refractivity contribution in [3.63, 3.8) is 0 Å². The van der Waals surface area contributed by atoms with Gasteiger partial charge in [0, 0.05) is 23.4 Å². The summed E-state index contributed by atoms with van der Waals surface area (Å²) in [4.78, 5) is 12.5. The first kappa shape index (κ1) is 17.8. The Morgan fingerprint density at radius 2 is 2.04 bits per heavy atom. The van der Waals surface area contributed by atoms with E-state index in [1.54, 1.807) is 0 Å². The van der Waals surface area contributed by atoms with Gasteiger partial charge in [-0.25, -0.2) is 0 Å². The smallest absolute Gasteiger partial charge is 0.220 e. The van der Waals surface area contributed by atoms with Crippen molar-refractivity contribution in [2.75, 3.05) is 0 Å². The number of halogens is 1. The zero-order valence-corrected chi connectivity index (χ0v) is 15.7. The molecule has 1 heterocycles. The predicted octanol–water partition coefficient (Wildman–Crippen LogP) is 5.00. The van der Waals surface area contributed by atoms with Gasteiger partial charge in [0.1, 0.15) is 11.4 Å². The van der Waals surface area contributed by atoms with Crippen molar-refractivity contribution in [3.05, 3.63) is 64.2 Å². The molecule has 0 bridgehead atoms. The second-order valence-electron chi connectivity index (χ2n) is 7.32. The molecule has 1 aliphatic heterocycles. The number of ether oxygens (including phenoxy) is 1. The molecule has 2 aromatic rings. The van der Waals surface area contributed by atoms with E-state index >= 15 is 0 Å². The first-order chi connectivity index (χ1) is 11.8. The van der Waals surface area contributed by atoms with Crippen molar-refractivity contribution < 1.29 is 9.53 Å². The molecular weight excluding hydrogens is 334 g/mol. The highest BCUT2D eigenvalue weighted by Crippen LogP contribution is 2.39. The largest absolute Gasteiger partial charge is 0.487 e. The average Bonchev–Trinajstić information content (AvgIpc) is 2.52. The fraction of sp³-hybridized carbons (Fsp3) is 0.381. The van der Waals surface area contributed by atoms with Gasteiger partial charge in [-0.2, -0.15) is 0 Å². The van der Waals surface area contributed by atoms with Gasteiger partial charge in [0.05, 0.1) is 6.04 Å². The van der Waals surface area contributed by atoms with E-state index in [2.05, 4.69) is 31.3 Å². The van der Waals surface area contributed by atoms with Gasteiger partial charge in [-0.1, -0.05) is 41.9 Å². The summed E-state index contributed by atoms with van der Waals surface area (Å²) in [6.07, 6.45) is 1.81. The molecule has 0 saturated heterocycles. The lowest BCUT2D eigenvalue weighted by molar-refractivity contribution is -0.122. The first-order valence-electron chi connectivity index (χ1n) is 8.66. The van der Waals surface area contributed by atoms with Crippen LogP contribution >= 0.6 is 11.6 Å². The Balaban J connectivity index is 1.70. The van der Waals surface area contributed by atoms with Crippen LogP contribution in [0, 0.1) is 6.92 Å². The number of rotatable bonds is 4. The fourth-order valence-corrected chi connectivity index (χ4v) is 3.53. The summed E-state index contributed by atoms with van der Waals surface area (Å²) >= 11 is 6.17. The third-order valence-electron chi connectivity index (χ3n) is 4.54. The van der Waals surface area contributed by atoms with Crippen LogP contribution < -0.4 is 10.1 Å². The number of hydrogen-bond donors (Lipinski definition) is 1. The Kier molecular flexibility index (Phi) is 5.05. The van der Waals surface area contributed by atoms with Gasteiger partial charge in [-0.3, -0.25) is 4.79 Å². The summed E-state index contributed by atoms with van der Waals surface area (Å²) in [6.45, 7) is 6.16. The summed E-state index contributed by atoms with van der Waals surface area (Å²) in [5.41, 5.74) is 2.90. The van der Waals surface area contributed by atoms with Gasteiger partial charge >= 0.3 is 0 Å². The molecule has 132 valence electrons. The third-order valence-corrected chi connectivity index (χ3v) is 4.91. The highest BCUT2D eigenvalue weighted by molar-refractivity contribution is 6.31. The van der Waals surface area contributed by atoms with Gasteiger partial charge in [-0.15, -0.1) is 0 Å². The number of benzene rings is 2. The summed E-state index contributed by atoms with van der Waals surface area (Å²) < 4.78 is 6.09. The quantitative estimate of drug-likeness (QED) is 0.836. The van der Waals surface area contributed by atoms with E-state index in [0.717, 1.165) is 28.9 Å². The molecule has 0 radical (unpaired) electrons. The Hall–Kier alpha value is -2.00. The van der Waals surface area contributed by atoms with Crippen molar-refractivity contribution in [1.29, 1.82) is 0 Å². The van der Waals surface area contributed by atoms with E-state index in [9.17, 15) is 4.79 Å². The minimum absolute atomic E-state index is 0.0295. The van der Waals surface area contributed by atoms with Crippen molar-refractivity contribution in [1.82, 2.24) is 5.32 Å². The van der Waals surface area contributed by atoms with Crippen molar-refractivity contribution in [2.45, 2.75) is 51.7 Å². The van der Waals surface area contributed by atoms with Crippen molar-refractivity contribution >= 4 is 17.5 Å². The molecule has 1 amide bonds. The molecule has 25 heavy (non-hydrogen) atoms. The Labute approximate surface area is 154 Å². The molecule has 0 fully saturated rings. The van der Waals surface area contributed by atoms with E-state index < -0.39 is 0 Å². The number of aryl methyl sites for hydroxylation is 2. The van der Waals surface area contributed by atoms with Crippen LogP contribution in [0.4, 0.5) is 0 Å². The highest BCUT2D eigenvalue weighted by atomic mass is 35.5. The molecule has 0 spiro atoms. The molecule has 1 N–H and O–H groups in total. The second kappa shape index (κ2) is 7.09. The van der Waals surface area contributed by atoms with Crippen LogP contribution in [-0.4, -0.2) is 11.5 Å². The van der Waals surface area contributed by atoms with E-state index in [1.165, 1.54) is 0 Å². The van der Waals surface area contributed by atoms with E-state index in [-0.39, 0.29) is 17.6 Å². The number of amides is 1. The van der Waals surface area contributed by atoms with E-state index in [1.807, 2.05) is 37.3 Å². The molecule has 0 aliphatic carbocycles. The molecule has 3 nitrogen and oxygen atoms in total. The molecule has 2 aromatic carbocycles. The lowest BCUT2D eigenvalue weighted by Gasteiger charge is -2.38. The normalized spacial score (nSPS) is 18.2. The number of fused-ring (bicyclic) bond motifs is 1. The average molecular weight is 358 g/mol. The summed E-state index contributed by atoms with van der Waals surface area (Å²) in [5.74, 6) is 0.904. The van der Waals surface area contributed by atoms with E-state index in [4.69, 9.17) is 16.3 Å². The zero-order chi connectivity index (χ0) is 18.0. The molecule has 1 atom stereocenters. The monoisotopic (exact) mass is 357 g/mol. The number of carbonyl (C=O) groups excluding carboxylic acids is 1. The Morgan fingerprint density at radius 1 is 1.28 bits per heavy atom. The summed E-state index contributed by atoms with van der Waals surface area (Å²) in [6, 6.07) is 13.8.